The van der Waals surface area contributed by atoms with Gasteiger partial charge in [-0.05, 0) is 20.8 Å². The van der Waals surface area contributed by atoms with Crippen LogP contribution >= 0.6 is 0 Å². The van der Waals surface area contributed by atoms with Crippen molar-refractivity contribution in [1.29, 1.82) is 0 Å². The first kappa shape index (κ1) is 16.9. The Morgan fingerprint density at radius 2 is 1.91 bits per heavy atom. The van der Waals surface area contributed by atoms with Crippen molar-refractivity contribution < 1.29 is 17.9 Å². The number of hydrogen-bond acceptors (Lipinski definition) is 5. The lowest BCUT2D eigenvalue weighted by molar-refractivity contribution is -0.136. The van der Waals surface area contributed by atoms with E-state index in [-0.39, 0.29) is 10.8 Å². The van der Waals surface area contributed by atoms with E-state index in [0.717, 1.165) is 0 Å². The van der Waals surface area contributed by atoms with Gasteiger partial charge in [-0.25, -0.2) is 8.42 Å². The number of sulfonamides is 1. The summed E-state index contributed by atoms with van der Waals surface area (Å²) in [5, 5.41) is 4.10. The van der Waals surface area contributed by atoms with E-state index in [0.29, 0.717) is 37.7 Å². The minimum Gasteiger partial charge on any atom is -0.378 e. The van der Waals surface area contributed by atoms with Crippen LogP contribution in [0.4, 0.5) is 0 Å². The normalized spacial score (nSPS) is 17.5. The van der Waals surface area contributed by atoms with Gasteiger partial charge in [0.25, 0.3) is 0 Å². The molecule has 2 rings (SSSR count). The second-order valence-corrected chi connectivity index (χ2v) is 7.06. The van der Waals surface area contributed by atoms with Crippen LogP contribution in [0.2, 0.25) is 0 Å². The fourth-order valence-electron chi connectivity index (χ4n) is 2.54. The zero-order valence-corrected chi connectivity index (χ0v) is 14.1. The molecule has 1 amide bonds. The largest absolute Gasteiger partial charge is 0.378 e. The summed E-state index contributed by atoms with van der Waals surface area (Å²) < 4.78 is 34.2. The Morgan fingerprint density at radius 3 is 2.41 bits per heavy atom. The van der Waals surface area contributed by atoms with Crippen LogP contribution in [0.25, 0.3) is 0 Å². The Balaban J connectivity index is 2.15. The smallest absolute Gasteiger partial charge is 0.244 e. The Bertz CT molecular complexity index is 662. The zero-order valence-electron chi connectivity index (χ0n) is 13.3. The summed E-state index contributed by atoms with van der Waals surface area (Å²) >= 11 is 0. The fourth-order valence-corrected chi connectivity index (χ4v) is 4.18. The van der Waals surface area contributed by atoms with E-state index in [9.17, 15) is 13.2 Å². The predicted octanol–water partition coefficient (Wildman–Crippen LogP) is -0.437. The summed E-state index contributed by atoms with van der Waals surface area (Å²) in [5.74, 6) is -0.244. The van der Waals surface area contributed by atoms with E-state index in [2.05, 4.69) is 9.82 Å². The third-order valence-corrected chi connectivity index (χ3v) is 5.53. The van der Waals surface area contributed by atoms with Crippen LogP contribution in [0.3, 0.4) is 0 Å². The minimum atomic E-state index is -3.80. The second kappa shape index (κ2) is 6.35. The molecule has 8 nitrogen and oxygen atoms in total. The van der Waals surface area contributed by atoms with E-state index in [1.54, 1.807) is 32.7 Å². The van der Waals surface area contributed by atoms with Crippen LogP contribution < -0.4 is 4.72 Å². The number of carbonyl (C=O) groups is 1. The van der Waals surface area contributed by atoms with Gasteiger partial charge in [0, 0.05) is 20.1 Å². The molecule has 1 atom stereocenters. The van der Waals surface area contributed by atoms with Gasteiger partial charge in [-0.3, -0.25) is 9.48 Å². The number of ether oxygens (including phenoxy) is 1. The summed E-state index contributed by atoms with van der Waals surface area (Å²) in [5.41, 5.74) is 0.953. The average molecular weight is 330 g/mol. The molecule has 1 aromatic rings. The standard InChI is InChI=1S/C13H22N4O4S/c1-9-12(11(3)16(4)14-9)22(19,20)15-10(2)13(18)17-5-7-21-8-6-17/h10,15H,5-8H2,1-4H3. The summed E-state index contributed by atoms with van der Waals surface area (Å²) in [7, 11) is -2.11. The molecule has 0 aromatic carbocycles. The molecule has 1 fully saturated rings. The van der Waals surface area contributed by atoms with Crippen LogP contribution in [0.5, 0.6) is 0 Å². The second-order valence-electron chi connectivity index (χ2n) is 5.40. The Morgan fingerprint density at radius 1 is 1.32 bits per heavy atom. The lowest BCUT2D eigenvalue weighted by Crippen LogP contribution is -2.50. The number of amides is 1. The molecule has 124 valence electrons. The summed E-state index contributed by atoms with van der Waals surface area (Å²) in [6.45, 7) is 6.79. The Hall–Kier alpha value is -1.45. The highest BCUT2D eigenvalue weighted by Crippen LogP contribution is 2.18. The first-order valence-corrected chi connectivity index (χ1v) is 8.61. The molecule has 1 aliphatic heterocycles. The maximum absolute atomic E-state index is 12.5. The van der Waals surface area contributed by atoms with Crippen molar-refractivity contribution in [3.05, 3.63) is 11.4 Å². The summed E-state index contributed by atoms with van der Waals surface area (Å²) in [4.78, 5) is 14.1. The van der Waals surface area contributed by atoms with E-state index in [1.807, 2.05) is 0 Å². The number of rotatable bonds is 4. The van der Waals surface area contributed by atoms with Crippen molar-refractivity contribution in [3.63, 3.8) is 0 Å². The topological polar surface area (TPSA) is 93.5 Å². The van der Waals surface area contributed by atoms with Crippen molar-refractivity contribution in [2.45, 2.75) is 31.7 Å². The van der Waals surface area contributed by atoms with Crippen molar-refractivity contribution in [2.75, 3.05) is 26.3 Å². The minimum absolute atomic E-state index is 0.136. The molecule has 1 saturated heterocycles. The predicted molar refractivity (Wildman–Crippen MR) is 79.9 cm³/mol. The molecular weight excluding hydrogens is 308 g/mol. The van der Waals surface area contributed by atoms with Gasteiger partial charge in [0.1, 0.15) is 4.90 Å². The lowest BCUT2D eigenvalue weighted by atomic mass is 10.3. The zero-order chi connectivity index (χ0) is 16.5. The quantitative estimate of drug-likeness (QED) is 0.808. The molecule has 2 heterocycles. The lowest BCUT2D eigenvalue weighted by Gasteiger charge is -2.29. The van der Waals surface area contributed by atoms with Gasteiger partial charge in [0.15, 0.2) is 0 Å². The van der Waals surface area contributed by atoms with E-state index in [4.69, 9.17) is 4.74 Å². The highest BCUT2D eigenvalue weighted by atomic mass is 32.2. The first-order valence-electron chi connectivity index (χ1n) is 7.13. The van der Waals surface area contributed by atoms with Gasteiger partial charge in [0.2, 0.25) is 15.9 Å². The Kier molecular flexibility index (Phi) is 4.88. The van der Waals surface area contributed by atoms with Crippen molar-refractivity contribution >= 4 is 15.9 Å². The molecule has 9 heteroatoms. The van der Waals surface area contributed by atoms with Crippen molar-refractivity contribution in [3.8, 4) is 0 Å². The maximum Gasteiger partial charge on any atom is 0.244 e. The van der Waals surface area contributed by atoms with Gasteiger partial charge in [0.05, 0.1) is 30.6 Å². The van der Waals surface area contributed by atoms with Crippen LogP contribution in [-0.2, 0) is 26.6 Å². The van der Waals surface area contributed by atoms with E-state index >= 15 is 0 Å². The molecule has 0 saturated carbocycles. The summed E-state index contributed by atoms with van der Waals surface area (Å²) in [6.07, 6.45) is 0. The molecule has 1 aromatic heterocycles. The van der Waals surface area contributed by atoms with Gasteiger partial charge in [-0.1, -0.05) is 0 Å². The number of aromatic nitrogens is 2. The van der Waals surface area contributed by atoms with Crippen molar-refractivity contribution in [1.82, 2.24) is 19.4 Å². The molecule has 22 heavy (non-hydrogen) atoms. The van der Waals surface area contributed by atoms with E-state index in [1.165, 1.54) is 4.68 Å². The maximum atomic E-state index is 12.5. The molecule has 0 spiro atoms. The van der Waals surface area contributed by atoms with Gasteiger partial charge in [-0.15, -0.1) is 0 Å². The van der Waals surface area contributed by atoms with Gasteiger partial charge in [-0.2, -0.15) is 9.82 Å². The van der Waals surface area contributed by atoms with Crippen LogP contribution in [0, 0.1) is 13.8 Å². The number of aryl methyl sites for hydroxylation is 2. The third kappa shape index (κ3) is 3.31. The first-order chi connectivity index (χ1) is 10.2. The average Bonchev–Trinajstić information content (AvgIpc) is 2.72. The number of nitrogens with one attached hydrogen (secondary N) is 1. The molecule has 1 N–H and O–H groups in total. The van der Waals surface area contributed by atoms with Gasteiger partial charge >= 0.3 is 0 Å². The molecule has 0 radical (unpaired) electrons. The third-order valence-electron chi connectivity index (χ3n) is 3.74. The highest BCUT2D eigenvalue weighted by Gasteiger charge is 2.30. The molecule has 0 bridgehead atoms. The van der Waals surface area contributed by atoms with Crippen molar-refractivity contribution in [2.24, 2.45) is 7.05 Å². The molecule has 1 aliphatic rings. The summed E-state index contributed by atoms with van der Waals surface area (Å²) in [6, 6.07) is -0.831. The van der Waals surface area contributed by atoms with Crippen LogP contribution in [0.1, 0.15) is 18.3 Å². The highest BCUT2D eigenvalue weighted by molar-refractivity contribution is 7.89. The Labute approximate surface area is 130 Å². The monoisotopic (exact) mass is 330 g/mol. The molecule has 0 aliphatic carbocycles. The number of nitrogens with zero attached hydrogens (tertiary/aromatic N) is 3. The number of carbonyl (C=O) groups excluding carboxylic acids is 1. The number of morpholine rings is 1. The molecule has 1 unspecified atom stereocenters. The fraction of sp³-hybridized carbons (Fsp3) is 0.692. The number of hydrogen-bond donors (Lipinski definition) is 1. The van der Waals surface area contributed by atoms with E-state index < -0.39 is 16.1 Å². The SMILES string of the molecule is Cc1nn(C)c(C)c1S(=O)(=O)NC(C)C(=O)N1CCOCC1. The van der Waals surface area contributed by atoms with Gasteiger partial charge < -0.3 is 9.64 Å². The van der Waals surface area contributed by atoms with Crippen LogP contribution in [-0.4, -0.2) is 61.4 Å². The van der Waals surface area contributed by atoms with Crippen LogP contribution in [0.15, 0.2) is 4.90 Å². The molecular formula is C13H22N4O4S.